The molecule has 0 aliphatic heterocycles. The smallest absolute Gasteiger partial charge is 0.161 e. The lowest BCUT2D eigenvalue weighted by atomic mass is 9.89. The quantitative estimate of drug-likeness (QED) is 0.804. The van der Waals surface area contributed by atoms with E-state index in [1.54, 1.807) is 6.07 Å². The third-order valence-electron chi connectivity index (χ3n) is 3.12. The van der Waals surface area contributed by atoms with Crippen LogP contribution in [0, 0.1) is 5.92 Å². The minimum atomic E-state index is 0.246. The Labute approximate surface area is 90.9 Å². The lowest BCUT2D eigenvalue weighted by Crippen LogP contribution is -2.22. The first-order chi connectivity index (χ1) is 7.25. The molecule has 0 atom stereocenters. The predicted molar refractivity (Wildman–Crippen MR) is 60.2 cm³/mol. The first-order valence-electron chi connectivity index (χ1n) is 5.70. The van der Waals surface area contributed by atoms with Crippen molar-refractivity contribution in [2.75, 3.05) is 0 Å². The highest BCUT2D eigenvalue weighted by Crippen LogP contribution is 2.31. The van der Waals surface area contributed by atoms with Crippen molar-refractivity contribution in [3.63, 3.8) is 0 Å². The molecule has 0 unspecified atom stereocenters. The highest BCUT2D eigenvalue weighted by Gasteiger charge is 2.20. The minimum absolute atomic E-state index is 0.246. The van der Waals surface area contributed by atoms with Crippen molar-refractivity contribution in [2.45, 2.75) is 38.7 Å². The maximum atomic E-state index is 9.57. The van der Waals surface area contributed by atoms with Gasteiger partial charge in [-0.15, -0.1) is 0 Å². The average molecular weight is 206 g/mol. The van der Waals surface area contributed by atoms with Gasteiger partial charge in [-0.3, -0.25) is 0 Å². The molecule has 1 aliphatic rings. The zero-order valence-corrected chi connectivity index (χ0v) is 9.15. The number of phenolic OH excluding ortho intramolecular Hbond substituents is 1. The van der Waals surface area contributed by atoms with Crippen LogP contribution in [0.5, 0.6) is 11.5 Å². The second-order valence-electron chi connectivity index (χ2n) is 4.47. The Morgan fingerprint density at radius 3 is 2.47 bits per heavy atom. The van der Waals surface area contributed by atoms with Crippen molar-refractivity contribution in [3.8, 4) is 11.5 Å². The first-order valence-corrected chi connectivity index (χ1v) is 5.70. The fraction of sp³-hybridized carbons (Fsp3) is 0.538. The van der Waals surface area contributed by atoms with Gasteiger partial charge in [-0.2, -0.15) is 0 Å². The van der Waals surface area contributed by atoms with Gasteiger partial charge in [-0.25, -0.2) is 0 Å². The molecule has 0 amide bonds. The van der Waals surface area contributed by atoms with Crippen LogP contribution in [-0.2, 0) is 0 Å². The molecular formula is C13H18O2. The summed E-state index contributed by atoms with van der Waals surface area (Å²) in [6.45, 7) is 2.29. The molecule has 0 saturated heterocycles. The highest BCUT2D eigenvalue weighted by atomic mass is 16.5. The molecule has 15 heavy (non-hydrogen) atoms. The Hall–Kier alpha value is -1.18. The summed E-state index contributed by atoms with van der Waals surface area (Å²) in [5.74, 6) is 1.70. The number of rotatable bonds is 2. The van der Waals surface area contributed by atoms with Crippen LogP contribution in [0.15, 0.2) is 24.3 Å². The van der Waals surface area contributed by atoms with Crippen molar-refractivity contribution >= 4 is 0 Å². The van der Waals surface area contributed by atoms with E-state index >= 15 is 0 Å². The molecule has 1 N–H and O–H groups in total. The molecule has 0 radical (unpaired) electrons. The van der Waals surface area contributed by atoms with Gasteiger partial charge >= 0.3 is 0 Å². The molecule has 0 spiro atoms. The largest absolute Gasteiger partial charge is 0.504 e. The SMILES string of the molecule is CC1CCC(Oc2ccccc2O)CC1. The summed E-state index contributed by atoms with van der Waals surface area (Å²) in [6, 6.07) is 7.19. The van der Waals surface area contributed by atoms with Crippen LogP contribution < -0.4 is 4.74 Å². The van der Waals surface area contributed by atoms with Crippen LogP contribution in [0.1, 0.15) is 32.6 Å². The van der Waals surface area contributed by atoms with Crippen molar-refractivity contribution in [1.82, 2.24) is 0 Å². The lowest BCUT2D eigenvalue weighted by Gasteiger charge is -2.27. The van der Waals surface area contributed by atoms with Gasteiger partial charge in [0, 0.05) is 0 Å². The zero-order valence-electron chi connectivity index (χ0n) is 9.15. The maximum absolute atomic E-state index is 9.57. The van der Waals surface area contributed by atoms with Gasteiger partial charge in [-0.05, 0) is 43.7 Å². The van der Waals surface area contributed by atoms with Crippen molar-refractivity contribution < 1.29 is 9.84 Å². The standard InChI is InChI=1S/C13H18O2/c1-10-6-8-11(9-7-10)15-13-5-3-2-4-12(13)14/h2-5,10-11,14H,6-9H2,1H3. The molecule has 1 aromatic carbocycles. The second kappa shape index (κ2) is 4.56. The molecule has 0 bridgehead atoms. The summed E-state index contributed by atoms with van der Waals surface area (Å²) in [5, 5.41) is 9.57. The lowest BCUT2D eigenvalue weighted by molar-refractivity contribution is 0.131. The maximum Gasteiger partial charge on any atom is 0.161 e. The summed E-state index contributed by atoms with van der Waals surface area (Å²) in [7, 11) is 0. The first kappa shape index (κ1) is 10.3. The summed E-state index contributed by atoms with van der Waals surface area (Å²) < 4.78 is 5.78. The van der Waals surface area contributed by atoms with Gasteiger partial charge in [0.15, 0.2) is 11.5 Å². The topological polar surface area (TPSA) is 29.5 Å². The second-order valence-corrected chi connectivity index (χ2v) is 4.47. The number of phenols is 1. The third-order valence-corrected chi connectivity index (χ3v) is 3.12. The Balaban J connectivity index is 1.95. The van der Waals surface area contributed by atoms with Crippen LogP contribution in [0.4, 0.5) is 0 Å². The monoisotopic (exact) mass is 206 g/mol. The van der Waals surface area contributed by atoms with Crippen LogP contribution in [-0.4, -0.2) is 11.2 Å². The summed E-state index contributed by atoms with van der Waals surface area (Å²) >= 11 is 0. The molecule has 1 fully saturated rings. The van der Waals surface area contributed by atoms with Gasteiger partial charge in [0.25, 0.3) is 0 Å². The molecule has 1 saturated carbocycles. The van der Waals surface area contributed by atoms with E-state index in [1.165, 1.54) is 12.8 Å². The number of para-hydroxylation sites is 2. The van der Waals surface area contributed by atoms with Crippen LogP contribution >= 0.6 is 0 Å². The number of aromatic hydroxyl groups is 1. The molecule has 0 heterocycles. The van der Waals surface area contributed by atoms with Crippen molar-refractivity contribution in [1.29, 1.82) is 0 Å². The Morgan fingerprint density at radius 2 is 1.80 bits per heavy atom. The van der Waals surface area contributed by atoms with E-state index in [9.17, 15) is 5.11 Å². The van der Waals surface area contributed by atoms with E-state index in [2.05, 4.69) is 6.92 Å². The van der Waals surface area contributed by atoms with Gasteiger partial charge in [0.05, 0.1) is 6.10 Å². The van der Waals surface area contributed by atoms with Crippen molar-refractivity contribution in [3.05, 3.63) is 24.3 Å². The van der Waals surface area contributed by atoms with E-state index in [1.807, 2.05) is 18.2 Å². The number of hydrogen-bond donors (Lipinski definition) is 1. The van der Waals surface area contributed by atoms with Gasteiger partial charge < -0.3 is 9.84 Å². The van der Waals surface area contributed by atoms with E-state index in [4.69, 9.17) is 4.74 Å². The molecule has 1 aliphatic carbocycles. The molecular weight excluding hydrogens is 188 g/mol. The molecule has 0 aromatic heterocycles. The van der Waals surface area contributed by atoms with E-state index in [0.29, 0.717) is 5.75 Å². The fourth-order valence-corrected chi connectivity index (χ4v) is 2.08. The van der Waals surface area contributed by atoms with Crippen LogP contribution in [0.2, 0.25) is 0 Å². The zero-order chi connectivity index (χ0) is 10.7. The van der Waals surface area contributed by atoms with Gasteiger partial charge in [0.2, 0.25) is 0 Å². The molecule has 1 aromatic rings. The summed E-state index contributed by atoms with van der Waals surface area (Å²) in [4.78, 5) is 0. The molecule has 82 valence electrons. The third kappa shape index (κ3) is 2.65. The Morgan fingerprint density at radius 1 is 1.13 bits per heavy atom. The normalized spacial score (nSPS) is 26.2. The van der Waals surface area contributed by atoms with Gasteiger partial charge in [0.1, 0.15) is 0 Å². The predicted octanol–water partition coefficient (Wildman–Crippen LogP) is 3.35. The number of benzene rings is 1. The molecule has 2 rings (SSSR count). The van der Waals surface area contributed by atoms with Crippen molar-refractivity contribution in [2.24, 2.45) is 5.92 Å². The van der Waals surface area contributed by atoms with E-state index in [-0.39, 0.29) is 11.9 Å². The van der Waals surface area contributed by atoms with Gasteiger partial charge in [-0.1, -0.05) is 19.1 Å². The Kier molecular flexibility index (Phi) is 3.14. The van der Waals surface area contributed by atoms with Crippen LogP contribution in [0.3, 0.4) is 0 Å². The molecule has 2 nitrogen and oxygen atoms in total. The van der Waals surface area contributed by atoms with Crippen LogP contribution in [0.25, 0.3) is 0 Å². The highest BCUT2D eigenvalue weighted by molar-refractivity contribution is 5.38. The number of hydrogen-bond acceptors (Lipinski definition) is 2. The van der Waals surface area contributed by atoms with E-state index in [0.717, 1.165) is 18.8 Å². The van der Waals surface area contributed by atoms with E-state index < -0.39 is 0 Å². The summed E-state index contributed by atoms with van der Waals surface area (Å²) in [6.07, 6.45) is 4.97. The summed E-state index contributed by atoms with van der Waals surface area (Å²) in [5.41, 5.74) is 0. The minimum Gasteiger partial charge on any atom is -0.504 e. The fourth-order valence-electron chi connectivity index (χ4n) is 2.08. The Bertz CT molecular complexity index is 314. The molecule has 2 heteroatoms. The number of ether oxygens (including phenoxy) is 1. The average Bonchev–Trinajstić information content (AvgIpc) is 2.25.